The summed E-state index contributed by atoms with van der Waals surface area (Å²) >= 11 is 0. The molecular weight excluding hydrogens is 336 g/mol. The van der Waals surface area contributed by atoms with Gasteiger partial charge < -0.3 is 20.0 Å². The summed E-state index contributed by atoms with van der Waals surface area (Å²) in [4.78, 5) is 17.3. The van der Waals surface area contributed by atoms with Gasteiger partial charge in [-0.3, -0.25) is 9.48 Å². The van der Waals surface area contributed by atoms with E-state index < -0.39 is 12.2 Å². The lowest BCUT2D eigenvalue weighted by atomic mass is 9.88. The number of rotatable bonds is 9. The molecule has 2 N–H and O–H groups in total. The number of hydrogen-bond donors (Lipinski definition) is 2. The number of aliphatic hydroxyl groups is 1. The lowest BCUT2D eigenvalue weighted by Crippen LogP contribution is -2.33. The Hall–Kier alpha value is -1.48. The molecule has 26 heavy (non-hydrogen) atoms. The molecule has 2 rings (SSSR count). The second-order valence-corrected chi connectivity index (χ2v) is 7.26. The molecule has 0 radical (unpaired) electrons. The van der Waals surface area contributed by atoms with E-state index in [0.29, 0.717) is 24.7 Å². The van der Waals surface area contributed by atoms with Crippen LogP contribution in [0.2, 0.25) is 0 Å². The lowest BCUT2D eigenvalue weighted by Gasteiger charge is -2.28. The number of nitrogens with zero attached hydrogens (tertiary/aromatic N) is 3. The van der Waals surface area contributed by atoms with Gasteiger partial charge in [0.25, 0.3) is 5.91 Å². The fourth-order valence-corrected chi connectivity index (χ4v) is 3.27. The summed E-state index contributed by atoms with van der Waals surface area (Å²) in [6.07, 6.45) is 6.74. The van der Waals surface area contributed by atoms with Crippen LogP contribution in [-0.4, -0.2) is 64.9 Å². The van der Waals surface area contributed by atoms with Gasteiger partial charge in [-0.05, 0) is 25.7 Å². The molecule has 0 spiro atoms. The number of carbonyl (C=O) groups excluding carboxylic acids is 1. The molecule has 1 saturated carbocycles. The summed E-state index contributed by atoms with van der Waals surface area (Å²) < 4.78 is 7.52. The highest BCUT2D eigenvalue weighted by atomic mass is 16.7. The lowest BCUT2D eigenvalue weighted by molar-refractivity contribution is -0.131. The Kier molecular flexibility index (Phi) is 8.02. The van der Waals surface area contributed by atoms with Crippen molar-refractivity contribution in [1.82, 2.24) is 14.8 Å². The Labute approximate surface area is 155 Å². The monoisotopic (exact) mass is 368 g/mol. The van der Waals surface area contributed by atoms with Crippen molar-refractivity contribution in [2.75, 3.05) is 26.0 Å². The first kappa shape index (κ1) is 20.8. The smallest absolute Gasteiger partial charge is 0.253 e. The Morgan fingerprint density at radius 3 is 3.00 bits per heavy atom. The predicted octanol–water partition coefficient (Wildman–Crippen LogP) is 1.66. The minimum absolute atomic E-state index is 0.162. The van der Waals surface area contributed by atoms with E-state index in [1.807, 2.05) is 0 Å². The molecule has 1 amide bonds. The van der Waals surface area contributed by atoms with Gasteiger partial charge in [-0.15, -0.1) is 0 Å². The molecule has 1 aliphatic carbocycles. The van der Waals surface area contributed by atoms with Crippen molar-refractivity contribution >= 4 is 11.6 Å². The molecular formula is C18H32N4O4. The summed E-state index contributed by atoms with van der Waals surface area (Å²) in [5.74, 6) is 0.480. The van der Waals surface area contributed by atoms with Crippen LogP contribution in [0.5, 0.6) is 0 Å². The average Bonchev–Trinajstić information content (AvgIpc) is 3.01. The van der Waals surface area contributed by atoms with Crippen molar-refractivity contribution in [3.05, 3.63) is 12.4 Å². The van der Waals surface area contributed by atoms with Crippen LogP contribution >= 0.6 is 0 Å². The Balaban J connectivity index is 1.79. The first-order valence-corrected chi connectivity index (χ1v) is 9.29. The second kappa shape index (κ2) is 10.0. The fraction of sp³-hybridized carbons (Fsp3) is 0.778. The maximum Gasteiger partial charge on any atom is 0.253 e. The molecule has 1 fully saturated rings. The zero-order chi connectivity index (χ0) is 19.1. The topological polar surface area (TPSA) is 88.9 Å². The van der Waals surface area contributed by atoms with Crippen LogP contribution in [0.15, 0.2) is 12.4 Å². The third-order valence-electron chi connectivity index (χ3n) is 4.73. The van der Waals surface area contributed by atoms with Gasteiger partial charge in [0.05, 0.1) is 44.3 Å². The molecule has 1 heterocycles. The van der Waals surface area contributed by atoms with Gasteiger partial charge in [0.15, 0.2) is 0 Å². The SMILES string of the molecule is CON(C)C[C@H](O)Cn1cc(NC(=O)[C@H](C)O[C@H]2CCC[C@H](C)C2)cn1. The van der Waals surface area contributed by atoms with Crippen LogP contribution in [0.4, 0.5) is 5.69 Å². The largest absolute Gasteiger partial charge is 0.390 e. The van der Waals surface area contributed by atoms with E-state index in [2.05, 4.69) is 17.3 Å². The number of likely N-dealkylation sites (N-methyl/N-ethyl adjacent to an activating group) is 1. The van der Waals surface area contributed by atoms with E-state index in [-0.39, 0.29) is 12.0 Å². The molecule has 0 saturated heterocycles. The van der Waals surface area contributed by atoms with E-state index in [9.17, 15) is 9.90 Å². The second-order valence-electron chi connectivity index (χ2n) is 7.26. The van der Waals surface area contributed by atoms with E-state index in [1.165, 1.54) is 6.42 Å². The van der Waals surface area contributed by atoms with Gasteiger partial charge in [0.1, 0.15) is 6.10 Å². The number of aliphatic hydroxyl groups excluding tert-OH is 1. The van der Waals surface area contributed by atoms with E-state index >= 15 is 0 Å². The highest BCUT2D eigenvalue weighted by Gasteiger charge is 2.24. The predicted molar refractivity (Wildman–Crippen MR) is 98.5 cm³/mol. The van der Waals surface area contributed by atoms with Gasteiger partial charge in [0, 0.05) is 13.2 Å². The Morgan fingerprint density at radius 1 is 1.54 bits per heavy atom. The molecule has 0 bridgehead atoms. The van der Waals surface area contributed by atoms with Crippen LogP contribution in [-0.2, 0) is 20.9 Å². The normalized spacial score (nSPS) is 23.0. The van der Waals surface area contributed by atoms with Crippen molar-refractivity contribution in [1.29, 1.82) is 0 Å². The molecule has 8 heteroatoms. The molecule has 4 atom stereocenters. The van der Waals surface area contributed by atoms with Gasteiger partial charge in [-0.25, -0.2) is 0 Å². The summed E-state index contributed by atoms with van der Waals surface area (Å²) in [6, 6.07) is 0. The van der Waals surface area contributed by atoms with Gasteiger partial charge in [0.2, 0.25) is 0 Å². The first-order valence-electron chi connectivity index (χ1n) is 9.29. The van der Waals surface area contributed by atoms with Crippen molar-refractivity contribution in [2.45, 2.75) is 64.4 Å². The zero-order valence-corrected chi connectivity index (χ0v) is 16.2. The molecule has 0 unspecified atom stereocenters. The van der Waals surface area contributed by atoms with Crippen LogP contribution in [0, 0.1) is 5.92 Å². The molecule has 1 aromatic heterocycles. The van der Waals surface area contributed by atoms with Crippen LogP contribution < -0.4 is 5.32 Å². The molecule has 0 aromatic carbocycles. The third-order valence-corrected chi connectivity index (χ3v) is 4.73. The van der Waals surface area contributed by atoms with Gasteiger partial charge >= 0.3 is 0 Å². The van der Waals surface area contributed by atoms with Crippen molar-refractivity contribution < 1.29 is 19.5 Å². The Morgan fingerprint density at radius 2 is 2.31 bits per heavy atom. The molecule has 1 aliphatic rings. The van der Waals surface area contributed by atoms with Crippen LogP contribution in [0.25, 0.3) is 0 Å². The maximum absolute atomic E-state index is 12.3. The maximum atomic E-state index is 12.3. The molecule has 148 valence electrons. The Bertz CT molecular complexity index is 565. The van der Waals surface area contributed by atoms with Crippen LogP contribution in [0.1, 0.15) is 39.5 Å². The van der Waals surface area contributed by atoms with Crippen molar-refractivity contribution in [3.8, 4) is 0 Å². The van der Waals surface area contributed by atoms with Gasteiger partial charge in [-0.1, -0.05) is 19.8 Å². The third kappa shape index (κ3) is 6.68. The zero-order valence-electron chi connectivity index (χ0n) is 16.2. The summed E-state index contributed by atoms with van der Waals surface area (Å²) in [6.45, 7) is 4.69. The number of anilines is 1. The number of hydroxylamine groups is 2. The number of hydrogen-bond acceptors (Lipinski definition) is 6. The molecule has 0 aliphatic heterocycles. The van der Waals surface area contributed by atoms with Crippen molar-refractivity contribution in [2.24, 2.45) is 5.92 Å². The standard InChI is InChI=1S/C18H32N4O4/c1-13-6-5-7-17(8-13)26-14(2)18(24)20-15-9-19-22(10-15)12-16(23)11-21(3)25-4/h9-10,13-14,16-17,23H,5-8,11-12H2,1-4H3,(H,20,24)/t13-,14-,16-,17-/m0/s1. The summed E-state index contributed by atoms with van der Waals surface area (Å²) in [5, 5.41) is 18.5. The molecule has 8 nitrogen and oxygen atoms in total. The average molecular weight is 368 g/mol. The quantitative estimate of drug-likeness (QED) is 0.645. The first-order chi connectivity index (χ1) is 12.4. The minimum Gasteiger partial charge on any atom is -0.390 e. The number of amides is 1. The number of nitrogens with one attached hydrogen (secondary N) is 1. The number of carbonyl (C=O) groups is 1. The summed E-state index contributed by atoms with van der Waals surface area (Å²) in [7, 11) is 3.29. The summed E-state index contributed by atoms with van der Waals surface area (Å²) in [5.41, 5.74) is 0.592. The number of aromatic nitrogens is 2. The van der Waals surface area contributed by atoms with Gasteiger partial charge in [-0.2, -0.15) is 10.2 Å². The van der Waals surface area contributed by atoms with Crippen LogP contribution in [0.3, 0.4) is 0 Å². The van der Waals surface area contributed by atoms with E-state index in [4.69, 9.17) is 9.57 Å². The number of ether oxygens (including phenoxy) is 1. The highest BCUT2D eigenvalue weighted by molar-refractivity contribution is 5.93. The fourth-order valence-electron chi connectivity index (χ4n) is 3.27. The highest BCUT2D eigenvalue weighted by Crippen LogP contribution is 2.26. The minimum atomic E-state index is -0.626. The van der Waals surface area contributed by atoms with E-state index in [1.54, 1.807) is 43.2 Å². The van der Waals surface area contributed by atoms with E-state index in [0.717, 1.165) is 19.3 Å². The molecule has 1 aromatic rings. The van der Waals surface area contributed by atoms with Crippen molar-refractivity contribution in [3.63, 3.8) is 0 Å².